The normalized spacial score (nSPS) is 13.2. The first-order valence-electron chi connectivity index (χ1n) is 8.68. The Bertz CT molecular complexity index is 273. The Labute approximate surface area is 132 Å². The van der Waals surface area contributed by atoms with Gasteiger partial charge in [0.05, 0.1) is 0 Å². The van der Waals surface area contributed by atoms with Gasteiger partial charge in [-0.05, 0) is 32.6 Å². The van der Waals surface area contributed by atoms with Gasteiger partial charge in [0.15, 0.2) is 0 Å². The largest absolute Gasteiger partial charge is 0.343 e. The molecule has 0 saturated heterocycles. The molecule has 4 heteroatoms. The first-order valence-corrected chi connectivity index (χ1v) is 8.68. The van der Waals surface area contributed by atoms with E-state index in [0.29, 0.717) is 24.9 Å². The predicted octanol–water partition coefficient (Wildman–Crippen LogP) is 2.72. The molecular formula is C17H37N3O. The van der Waals surface area contributed by atoms with Gasteiger partial charge in [-0.15, -0.1) is 0 Å². The van der Waals surface area contributed by atoms with E-state index >= 15 is 0 Å². The summed E-state index contributed by atoms with van der Waals surface area (Å²) >= 11 is 0. The number of rotatable bonds is 11. The number of hydrogen-bond donors (Lipinski definition) is 1. The minimum absolute atomic E-state index is 0.158. The third kappa shape index (κ3) is 6.79. The van der Waals surface area contributed by atoms with Crippen molar-refractivity contribution in [2.45, 2.75) is 72.9 Å². The van der Waals surface area contributed by atoms with Crippen LogP contribution in [0.4, 0.5) is 0 Å². The average molecular weight is 300 g/mol. The molecule has 0 aliphatic carbocycles. The van der Waals surface area contributed by atoms with Crippen molar-refractivity contribution in [1.82, 2.24) is 9.80 Å². The number of nitrogens with zero attached hydrogens (tertiary/aromatic N) is 2. The zero-order valence-corrected chi connectivity index (χ0v) is 15.1. The number of carbonyl (C=O) groups excluding carboxylic acids is 1. The van der Waals surface area contributed by atoms with Gasteiger partial charge in [-0.1, -0.05) is 27.7 Å². The zero-order valence-electron chi connectivity index (χ0n) is 15.1. The maximum atomic E-state index is 12.4. The maximum absolute atomic E-state index is 12.4. The maximum Gasteiger partial charge on any atom is 0.224 e. The highest BCUT2D eigenvalue weighted by molar-refractivity contribution is 5.76. The molecule has 0 aromatic carbocycles. The van der Waals surface area contributed by atoms with Crippen molar-refractivity contribution in [3.05, 3.63) is 0 Å². The molecule has 0 radical (unpaired) electrons. The molecule has 126 valence electrons. The molecule has 0 aliphatic rings. The highest BCUT2D eigenvalue weighted by Gasteiger charge is 2.27. The second-order valence-electron chi connectivity index (χ2n) is 6.22. The summed E-state index contributed by atoms with van der Waals surface area (Å²) in [4.78, 5) is 16.8. The topological polar surface area (TPSA) is 49.6 Å². The van der Waals surface area contributed by atoms with Crippen LogP contribution in [0.1, 0.15) is 60.8 Å². The van der Waals surface area contributed by atoms with Crippen molar-refractivity contribution in [2.75, 3.05) is 26.2 Å². The Morgan fingerprint density at radius 3 is 1.86 bits per heavy atom. The van der Waals surface area contributed by atoms with Crippen LogP contribution in [0.2, 0.25) is 0 Å². The van der Waals surface area contributed by atoms with E-state index in [2.05, 4.69) is 32.6 Å². The van der Waals surface area contributed by atoms with Crippen molar-refractivity contribution in [3.8, 4) is 0 Å². The van der Waals surface area contributed by atoms with Crippen LogP contribution in [-0.4, -0.2) is 54.0 Å². The third-order valence-corrected chi connectivity index (χ3v) is 4.25. The Kier molecular flexibility index (Phi) is 10.7. The minimum Gasteiger partial charge on any atom is -0.343 e. The molecule has 4 nitrogen and oxygen atoms in total. The highest BCUT2D eigenvalue weighted by Crippen LogP contribution is 2.17. The smallest absolute Gasteiger partial charge is 0.224 e. The summed E-state index contributed by atoms with van der Waals surface area (Å²) in [5.74, 6) is 0.818. The van der Waals surface area contributed by atoms with Gasteiger partial charge in [0.2, 0.25) is 5.91 Å². The Morgan fingerprint density at radius 2 is 1.52 bits per heavy atom. The monoisotopic (exact) mass is 299 g/mol. The molecule has 0 heterocycles. The van der Waals surface area contributed by atoms with Crippen LogP contribution >= 0.6 is 0 Å². The molecule has 1 atom stereocenters. The molecule has 0 spiro atoms. The van der Waals surface area contributed by atoms with Gasteiger partial charge >= 0.3 is 0 Å². The van der Waals surface area contributed by atoms with E-state index in [9.17, 15) is 4.79 Å². The van der Waals surface area contributed by atoms with E-state index in [-0.39, 0.29) is 11.9 Å². The van der Waals surface area contributed by atoms with Crippen molar-refractivity contribution < 1.29 is 4.79 Å². The molecule has 21 heavy (non-hydrogen) atoms. The van der Waals surface area contributed by atoms with Crippen molar-refractivity contribution in [1.29, 1.82) is 0 Å². The van der Waals surface area contributed by atoms with Crippen LogP contribution in [0.25, 0.3) is 0 Å². The summed E-state index contributed by atoms with van der Waals surface area (Å²) in [6.45, 7) is 16.1. The van der Waals surface area contributed by atoms with Crippen LogP contribution in [0.5, 0.6) is 0 Å². The van der Waals surface area contributed by atoms with Gasteiger partial charge < -0.3 is 10.6 Å². The summed E-state index contributed by atoms with van der Waals surface area (Å²) in [7, 11) is 0. The van der Waals surface area contributed by atoms with Crippen molar-refractivity contribution in [3.63, 3.8) is 0 Å². The SMILES string of the molecule is CCC(CC)N(CC(C)C)C(CN)CC(=O)N(CC)CC. The Hall–Kier alpha value is -0.610. The van der Waals surface area contributed by atoms with Crippen molar-refractivity contribution in [2.24, 2.45) is 11.7 Å². The lowest BCUT2D eigenvalue weighted by atomic mass is 10.0. The molecule has 0 bridgehead atoms. The van der Waals surface area contributed by atoms with Gasteiger partial charge in [-0.3, -0.25) is 9.69 Å². The lowest BCUT2D eigenvalue weighted by molar-refractivity contribution is -0.132. The molecule has 0 aromatic rings. The second kappa shape index (κ2) is 11.0. The van der Waals surface area contributed by atoms with Gasteiger partial charge in [-0.25, -0.2) is 0 Å². The molecule has 0 saturated carbocycles. The highest BCUT2D eigenvalue weighted by atomic mass is 16.2. The fourth-order valence-electron chi connectivity index (χ4n) is 3.02. The molecule has 0 aliphatic heterocycles. The quantitative estimate of drug-likeness (QED) is 0.638. The third-order valence-electron chi connectivity index (χ3n) is 4.25. The summed E-state index contributed by atoms with van der Waals surface area (Å²) in [5, 5.41) is 0. The molecular weight excluding hydrogens is 262 g/mol. The summed E-state index contributed by atoms with van der Waals surface area (Å²) in [6, 6.07) is 0.677. The van der Waals surface area contributed by atoms with E-state index in [1.807, 2.05) is 18.7 Å². The molecule has 0 fully saturated rings. The van der Waals surface area contributed by atoms with Crippen LogP contribution in [-0.2, 0) is 4.79 Å². The fraction of sp³-hybridized carbons (Fsp3) is 0.941. The predicted molar refractivity (Wildman–Crippen MR) is 91.3 cm³/mol. The first kappa shape index (κ1) is 20.4. The van der Waals surface area contributed by atoms with Gasteiger partial charge in [0, 0.05) is 44.7 Å². The number of hydrogen-bond acceptors (Lipinski definition) is 3. The lowest BCUT2D eigenvalue weighted by Gasteiger charge is -2.38. The average Bonchev–Trinajstić information content (AvgIpc) is 2.45. The zero-order chi connectivity index (χ0) is 16.4. The molecule has 1 amide bonds. The second-order valence-corrected chi connectivity index (χ2v) is 6.22. The molecule has 2 N–H and O–H groups in total. The summed E-state index contributed by atoms with van der Waals surface area (Å²) in [5.41, 5.74) is 6.02. The summed E-state index contributed by atoms with van der Waals surface area (Å²) in [6.07, 6.45) is 2.76. The Balaban J connectivity index is 4.99. The van der Waals surface area contributed by atoms with Crippen LogP contribution < -0.4 is 5.73 Å². The fourth-order valence-corrected chi connectivity index (χ4v) is 3.02. The van der Waals surface area contributed by atoms with Crippen LogP contribution in [0, 0.1) is 5.92 Å². The molecule has 0 rings (SSSR count). The van der Waals surface area contributed by atoms with Crippen LogP contribution in [0.3, 0.4) is 0 Å². The Morgan fingerprint density at radius 1 is 1.00 bits per heavy atom. The van der Waals surface area contributed by atoms with Gasteiger partial charge in [0.25, 0.3) is 0 Å². The van der Waals surface area contributed by atoms with E-state index < -0.39 is 0 Å². The summed E-state index contributed by atoms with van der Waals surface area (Å²) < 4.78 is 0. The van der Waals surface area contributed by atoms with E-state index in [0.717, 1.165) is 32.5 Å². The number of nitrogens with two attached hydrogens (primary N) is 1. The minimum atomic E-state index is 0.158. The van der Waals surface area contributed by atoms with E-state index in [1.54, 1.807) is 0 Å². The molecule has 0 aromatic heterocycles. The lowest BCUT2D eigenvalue weighted by Crippen LogP contribution is -2.50. The number of carbonyl (C=O) groups is 1. The van der Waals surface area contributed by atoms with Crippen LogP contribution in [0.15, 0.2) is 0 Å². The van der Waals surface area contributed by atoms with Crippen molar-refractivity contribution >= 4 is 5.91 Å². The first-order chi connectivity index (χ1) is 9.94. The van der Waals surface area contributed by atoms with E-state index in [4.69, 9.17) is 5.73 Å². The number of amides is 1. The standard InChI is InChI=1S/C17H37N3O/c1-7-15(8-2)20(13-14(5)6)16(12-18)11-17(21)19(9-3)10-4/h14-16H,7-13,18H2,1-6H3. The van der Waals surface area contributed by atoms with Gasteiger partial charge in [0.1, 0.15) is 0 Å². The van der Waals surface area contributed by atoms with Gasteiger partial charge in [-0.2, -0.15) is 0 Å². The molecule has 1 unspecified atom stereocenters. The van der Waals surface area contributed by atoms with E-state index in [1.165, 1.54) is 0 Å².